The van der Waals surface area contributed by atoms with Gasteiger partial charge in [0.2, 0.25) is 0 Å². The Morgan fingerprint density at radius 3 is 1.32 bits per heavy atom. The van der Waals surface area contributed by atoms with Gasteiger partial charge in [-0.1, -0.05) is 183 Å². The molecule has 2 rings (SSSR count). The summed E-state index contributed by atoms with van der Waals surface area (Å²) in [6.07, 6.45) is 43.8. The smallest absolute Gasteiger partial charge is 0.306 e. The highest BCUT2D eigenvalue weighted by molar-refractivity contribution is 5.69. The molecule has 2 fully saturated rings. The van der Waals surface area contributed by atoms with Gasteiger partial charge in [0.05, 0.1) is 26.4 Å². The Kier molecular flexibility index (Phi) is 43.3. The van der Waals surface area contributed by atoms with Gasteiger partial charge in [0, 0.05) is 13.0 Å². The third-order valence-electron chi connectivity index (χ3n) is 13.7. The van der Waals surface area contributed by atoms with Crippen molar-refractivity contribution in [2.24, 2.45) is 0 Å². The van der Waals surface area contributed by atoms with Gasteiger partial charge >= 0.3 is 5.97 Å². The molecule has 2 aliphatic rings. The molecule has 2 heterocycles. The molecule has 0 aromatic heterocycles. The molecule has 0 radical (unpaired) electrons. The molecule has 2 saturated heterocycles. The molecule has 11 unspecified atom stereocenters. The summed E-state index contributed by atoms with van der Waals surface area (Å²) in [5.41, 5.74) is 0. The van der Waals surface area contributed by atoms with Gasteiger partial charge in [-0.2, -0.15) is 0 Å². The molecule has 14 heteroatoms. The van der Waals surface area contributed by atoms with Crippen LogP contribution in [0.15, 0.2) is 72.9 Å². The van der Waals surface area contributed by atoms with Crippen molar-refractivity contribution < 1.29 is 69.0 Å². The normalized spacial score (nSPS) is 25.1. The van der Waals surface area contributed by atoms with E-state index in [-0.39, 0.29) is 19.6 Å². The van der Waals surface area contributed by atoms with Crippen molar-refractivity contribution in [2.45, 2.75) is 274 Å². The summed E-state index contributed by atoms with van der Waals surface area (Å²) in [5, 5.41) is 72.4. The highest BCUT2D eigenvalue weighted by Crippen LogP contribution is 2.26. The molecule has 0 amide bonds. The van der Waals surface area contributed by atoms with Gasteiger partial charge in [0.15, 0.2) is 12.6 Å². The van der Waals surface area contributed by atoms with Crippen LogP contribution in [-0.2, 0) is 33.2 Å². The first kappa shape index (κ1) is 68.5. The van der Waals surface area contributed by atoms with Crippen LogP contribution in [-0.4, -0.2) is 142 Å². The van der Waals surface area contributed by atoms with Crippen LogP contribution in [0.2, 0.25) is 0 Å². The molecule has 0 bridgehead atoms. The van der Waals surface area contributed by atoms with E-state index in [9.17, 15) is 40.5 Å². The minimum Gasteiger partial charge on any atom is -0.457 e. The molecular formula is C61H106O14. The van der Waals surface area contributed by atoms with E-state index in [1.165, 1.54) is 89.9 Å². The lowest BCUT2D eigenvalue weighted by Gasteiger charge is -2.42. The third-order valence-corrected chi connectivity index (χ3v) is 13.7. The average Bonchev–Trinajstić information content (AvgIpc) is 3.41. The largest absolute Gasteiger partial charge is 0.457 e. The van der Waals surface area contributed by atoms with E-state index < -0.39 is 86.7 Å². The standard InChI is InChI=1S/C61H106O14/c1-3-5-7-9-11-13-15-17-19-21-23-25-26-28-30-32-34-36-38-40-42-44-53(63)73-50(47-70-45-43-41-39-37-35-33-31-29-27-24-22-20-18-16-14-12-10-8-6-4-2)48-71-60-59(69)57(67)55(65)52(75-60)49-72-61-58(68)56(66)54(64)51(46-62)74-61/h12,14-15,17-18,20-21,23-24,26-28,50-52,54-62,64-69H,3-11,13,16,19,22,25,29-49H2,1-2H3/b14-12-,17-15-,20-18-,23-21-,27-24-,28-26-. The van der Waals surface area contributed by atoms with E-state index >= 15 is 0 Å². The number of aliphatic hydroxyl groups excluding tert-OH is 7. The van der Waals surface area contributed by atoms with E-state index in [1.807, 2.05) is 0 Å². The maximum atomic E-state index is 13.1. The number of hydrogen-bond donors (Lipinski definition) is 7. The van der Waals surface area contributed by atoms with E-state index in [0.717, 1.165) is 89.9 Å². The molecule has 2 aliphatic heterocycles. The van der Waals surface area contributed by atoms with Crippen molar-refractivity contribution in [1.82, 2.24) is 0 Å². The van der Waals surface area contributed by atoms with E-state index in [1.54, 1.807) is 0 Å². The Hall–Kier alpha value is -2.57. The summed E-state index contributed by atoms with van der Waals surface area (Å²) < 4.78 is 34.4. The maximum absolute atomic E-state index is 13.1. The van der Waals surface area contributed by atoms with Crippen molar-refractivity contribution in [3.05, 3.63) is 72.9 Å². The molecule has 14 nitrogen and oxygen atoms in total. The SMILES string of the molecule is CCCCC/C=C\C/C=C\C/C=C\CCCCCCCCCOCC(COC1OC(COC2OC(CO)C(O)C(O)C2O)C(O)C(O)C1O)OC(=O)CCCCCCCC/C=C\C/C=C\C/C=C\CCCCCCC. The number of unbranched alkanes of at least 4 members (excludes halogenated alkanes) is 21. The Morgan fingerprint density at radius 2 is 0.827 bits per heavy atom. The number of aliphatic hydroxyl groups is 7. The predicted molar refractivity (Wildman–Crippen MR) is 298 cm³/mol. The molecule has 7 N–H and O–H groups in total. The number of esters is 1. The van der Waals surface area contributed by atoms with Crippen LogP contribution >= 0.6 is 0 Å². The van der Waals surface area contributed by atoms with Crippen LogP contribution in [0.5, 0.6) is 0 Å². The van der Waals surface area contributed by atoms with Crippen LogP contribution in [0, 0.1) is 0 Å². The van der Waals surface area contributed by atoms with Gasteiger partial charge in [-0.25, -0.2) is 0 Å². The van der Waals surface area contributed by atoms with Gasteiger partial charge in [0.25, 0.3) is 0 Å². The number of hydrogen-bond acceptors (Lipinski definition) is 14. The summed E-state index contributed by atoms with van der Waals surface area (Å²) in [6.45, 7) is 3.61. The van der Waals surface area contributed by atoms with Crippen LogP contribution in [0.25, 0.3) is 0 Å². The van der Waals surface area contributed by atoms with Gasteiger partial charge in [-0.15, -0.1) is 0 Å². The lowest BCUT2D eigenvalue weighted by molar-refractivity contribution is -0.332. The first-order valence-electron chi connectivity index (χ1n) is 29.5. The Labute approximate surface area is 453 Å². The van der Waals surface area contributed by atoms with Gasteiger partial charge in [-0.3, -0.25) is 4.79 Å². The Bertz CT molecular complexity index is 1510. The second-order valence-electron chi connectivity index (χ2n) is 20.5. The van der Waals surface area contributed by atoms with Gasteiger partial charge in [-0.05, 0) is 89.9 Å². The summed E-state index contributed by atoms with van der Waals surface area (Å²) in [6, 6.07) is 0. The highest BCUT2D eigenvalue weighted by atomic mass is 16.7. The number of rotatable bonds is 47. The van der Waals surface area contributed by atoms with Crippen LogP contribution in [0.3, 0.4) is 0 Å². The number of carbonyl (C=O) groups excluding carboxylic acids is 1. The van der Waals surface area contributed by atoms with Crippen molar-refractivity contribution in [2.75, 3.05) is 33.0 Å². The average molecular weight is 1060 g/mol. The van der Waals surface area contributed by atoms with Crippen molar-refractivity contribution in [3.8, 4) is 0 Å². The summed E-state index contributed by atoms with van der Waals surface area (Å²) in [5.74, 6) is -0.393. The van der Waals surface area contributed by atoms with E-state index in [4.69, 9.17) is 28.4 Å². The van der Waals surface area contributed by atoms with Crippen LogP contribution < -0.4 is 0 Å². The minimum absolute atomic E-state index is 0.0459. The monoisotopic (exact) mass is 1060 g/mol. The quantitative estimate of drug-likeness (QED) is 0.0172. The lowest BCUT2D eigenvalue weighted by Crippen LogP contribution is -2.61. The zero-order valence-corrected chi connectivity index (χ0v) is 46.5. The van der Waals surface area contributed by atoms with Crippen LogP contribution in [0.4, 0.5) is 0 Å². The fraction of sp³-hybridized carbons (Fsp3) is 0.787. The number of carbonyl (C=O) groups is 1. The summed E-state index contributed by atoms with van der Waals surface area (Å²) in [7, 11) is 0. The summed E-state index contributed by atoms with van der Waals surface area (Å²) >= 11 is 0. The Balaban J connectivity index is 1.73. The third kappa shape index (κ3) is 34.1. The van der Waals surface area contributed by atoms with Crippen molar-refractivity contribution in [1.29, 1.82) is 0 Å². The van der Waals surface area contributed by atoms with Crippen LogP contribution in [0.1, 0.15) is 206 Å². The fourth-order valence-corrected chi connectivity index (χ4v) is 8.89. The number of allylic oxidation sites excluding steroid dienone is 12. The van der Waals surface area contributed by atoms with E-state index in [2.05, 4.69) is 86.8 Å². The molecule has 0 saturated carbocycles. The molecule has 11 atom stereocenters. The van der Waals surface area contributed by atoms with Crippen molar-refractivity contribution in [3.63, 3.8) is 0 Å². The molecule has 0 aromatic rings. The molecule has 0 spiro atoms. The highest BCUT2D eigenvalue weighted by Gasteiger charge is 2.47. The zero-order chi connectivity index (χ0) is 54.4. The molecular weight excluding hydrogens is 957 g/mol. The lowest BCUT2D eigenvalue weighted by atomic mass is 9.98. The molecule has 0 aliphatic carbocycles. The van der Waals surface area contributed by atoms with Gasteiger partial charge in [0.1, 0.15) is 54.9 Å². The van der Waals surface area contributed by atoms with E-state index in [0.29, 0.717) is 13.0 Å². The predicted octanol–water partition coefficient (Wildman–Crippen LogP) is 10.6. The maximum Gasteiger partial charge on any atom is 0.306 e. The summed E-state index contributed by atoms with van der Waals surface area (Å²) in [4.78, 5) is 13.1. The molecule has 434 valence electrons. The zero-order valence-electron chi connectivity index (χ0n) is 46.5. The number of ether oxygens (including phenoxy) is 6. The topological polar surface area (TPSA) is 214 Å². The van der Waals surface area contributed by atoms with Crippen molar-refractivity contribution >= 4 is 5.97 Å². The molecule has 75 heavy (non-hydrogen) atoms. The second kappa shape index (κ2) is 47.4. The first-order valence-corrected chi connectivity index (χ1v) is 29.5. The second-order valence-corrected chi connectivity index (χ2v) is 20.5. The Morgan fingerprint density at radius 1 is 0.440 bits per heavy atom. The fourth-order valence-electron chi connectivity index (χ4n) is 8.89. The van der Waals surface area contributed by atoms with Gasteiger partial charge < -0.3 is 64.2 Å². The molecule has 0 aromatic carbocycles. The first-order chi connectivity index (χ1) is 36.6. The minimum atomic E-state index is -1.72.